The third-order valence-electron chi connectivity index (χ3n) is 3.41. The maximum absolute atomic E-state index is 8.79. The van der Waals surface area contributed by atoms with Crippen molar-refractivity contribution in [3.8, 4) is 17.2 Å². The number of rotatable bonds is 4. The van der Waals surface area contributed by atoms with E-state index >= 15 is 0 Å². The standard InChI is InChI=1S/C18H18N/c1-3-14(2)12-15-4-8-17(9-5-15)18-10-6-16(13-19)7-11-18/h4-11H,3,12H2,1-2H3. The first-order valence-corrected chi connectivity index (χ1v) is 6.63. The van der Waals surface area contributed by atoms with Crippen molar-refractivity contribution in [1.82, 2.24) is 0 Å². The minimum atomic E-state index is 0.702. The van der Waals surface area contributed by atoms with Crippen LogP contribution in [0.1, 0.15) is 31.4 Å². The van der Waals surface area contributed by atoms with Gasteiger partial charge in [-0.2, -0.15) is 5.26 Å². The second-order valence-corrected chi connectivity index (χ2v) is 4.87. The van der Waals surface area contributed by atoms with Crippen molar-refractivity contribution in [1.29, 1.82) is 5.26 Å². The summed E-state index contributed by atoms with van der Waals surface area (Å²) >= 11 is 0. The van der Waals surface area contributed by atoms with E-state index in [2.05, 4.69) is 44.2 Å². The van der Waals surface area contributed by atoms with Gasteiger partial charge in [-0.05, 0) is 47.6 Å². The molecule has 19 heavy (non-hydrogen) atoms. The topological polar surface area (TPSA) is 23.8 Å². The molecule has 0 bridgehead atoms. The third kappa shape index (κ3) is 3.45. The largest absolute Gasteiger partial charge is 0.192 e. The normalized spacial score (nSPS) is 10.4. The lowest BCUT2D eigenvalue weighted by atomic mass is 9.96. The fourth-order valence-electron chi connectivity index (χ4n) is 2.03. The first-order chi connectivity index (χ1) is 9.22. The lowest BCUT2D eigenvalue weighted by Gasteiger charge is -2.08. The minimum absolute atomic E-state index is 0.702. The molecule has 0 saturated carbocycles. The highest BCUT2D eigenvalue weighted by atomic mass is 14.2. The Balaban J connectivity index is 2.15. The summed E-state index contributed by atoms with van der Waals surface area (Å²) in [6.07, 6.45) is 2.20. The maximum Gasteiger partial charge on any atom is 0.0991 e. The summed E-state index contributed by atoms with van der Waals surface area (Å²) in [6.45, 7) is 4.40. The van der Waals surface area contributed by atoms with Crippen LogP contribution in [0, 0.1) is 17.2 Å². The molecule has 2 rings (SSSR count). The van der Waals surface area contributed by atoms with E-state index < -0.39 is 0 Å². The number of benzene rings is 2. The Labute approximate surface area is 115 Å². The molecule has 1 heteroatoms. The van der Waals surface area contributed by atoms with Gasteiger partial charge in [0.25, 0.3) is 0 Å². The molecule has 0 spiro atoms. The molecule has 2 aromatic rings. The van der Waals surface area contributed by atoms with Gasteiger partial charge in [0, 0.05) is 0 Å². The lowest BCUT2D eigenvalue weighted by molar-refractivity contribution is 0.841. The zero-order valence-electron chi connectivity index (χ0n) is 11.5. The van der Waals surface area contributed by atoms with E-state index in [4.69, 9.17) is 5.26 Å². The highest BCUT2D eigenvalue weighted by molar-refractivity contribution is 5.64. The summed E-state index contributed by atoms with van der Waals surface area (Å²) < 4.78 is 0. The number of nitriles is 1. The molecular weight excluding hydrogens is 230 g/mol. The van der Waals surface area contributed by atoms with Gasteiger partial charge in [0.15, 0.2) is 0 Å². The van der Waals surface area contributed by atoms with Crippen molar-refractivity contribution in [3.05, 3.63) is 65.6 Å². The van der Waals surface area contributed by atoms with Crippen LogP contribution in [0.3, 0.4) is 0 Å². The van der Waals surface area contributed by atoms with E-state index in [1.807, 2.05) is 24.3 Å². The zero-order chi connectivity index (χ0) is 13.7. The van der Waals surface area contributed by atoms with E-state index in [0.29, 0.717) is 5.56 Å². The average Bonchev–Trinajstić information content (AvgIpc) is 2.48. The fraction of sp³-hybridized carbons (Fsp3) is 0.222. The Bertz CT molecular complexity index is 558. The van der Waals surface area contributed by atoms with Crippen molar-refractivity contribution < 1.29 is 0 Å². The molecule has 0 atom stereocenters. The van der Waals surface area contributed by atoms with Crippen molar-refractivity contribution in [2.75, 3.05) is 0 Å². The van der Waals surface area contributed by atoms with Crippen LogP contribution in [0.25, 0.3) is 11.1 Å². The van der Waals surface area contributed by atoms with Gasteiger partial charge in [-0.3, -0.25) is 0 Å². The smallest absolute Gasteiger partial charge is 0.0991 e. The van der Waals surface area contributed by atoms with Crippen LogP contribution in [-0.4, -0.2) is 0 Å². The molecule has 0 aliphatic heterocycles. The van der Waals surface area contributed by atoms with Crippen molar-refractivity contribution >= 4 is 0 Å². The Kier molecular flexibility index (Phi) is 4.36. The summed E-state index contributed by atoms with van der Waals surface area (Å²) in [5.74, 6) is 1.51. The van der Waals surface area contributed by atoms with E-state index in [9.17, 15) is 0 Å². The molecule has 0 amide bonds. The van der Waals surface area contributed by atoms with Crippen LogP contribution in [0.5, 0.6) is 0 Å². The number of hydrogen-bond donors (Lipinski definition) is 0. The Morgan fingerprint density at radius 3 is 1.95 bits per heavy atom. The average molecular weight is 248 g/mol. The van der Waals surface area contributed by atoms with Crippen LogP contribution < -0.4 is 0 Å². The predicted molar refractivity (Wildman–Crippen MR) is 79.5 cm³/mol. The summed E-state index contributed by atoms with van der Waals surface area (Å²) in [6, 6.07) is 18.5. The van der Waals surface area contributed by atoms with Crippen LogP contribution >= 0.6 is 0 Å². The summed E-state index contributed by atoms with van der Waals surface area (Å²) in [5, 5.41) is 8.79. The van der Waals surface area contributed by atoms with E-state index in [1.54, 1.807) is 0 Å². The number of hydrogen-bond acceptors (Lipinski definition) is 1. The quantitative estimate of drug-likeness (QED) is 0.764. The van der Waals surface area contributed by atoms with Crippen LogP contribution in [0.4, 0.5) is 0 Å². The van der Waals surface area contributed by atoms with Gasteiger partial charge in [0.1, 0.15) is 0 Å². The van der Waals surface area contributed by atoms with Crippen LogP contribution in [0.15, 0.2) is 48.5 Å². The van der Waals surface area contributed by atoms with Gasteiger partial charge in [-0.15, -0.1) is 0 Å². The summed E-state index contributed by atoms with van der Waals surface area (Å²) in [5.41, 5.74) is 4.41. The van der Waals surface area contributed by atoms with Gasteiger partial charge >= 0.3 is 0 Å². The number of nitrogens with zero attached hydrogens (tertiary/aromatic N) is 1. The van der Waals surface area contributed by atoms with Gasteiger partial charge in [-0.25, -0.2) is 0 Å². The molecule has 0 N–H and O–H groups in total. The van der Waals surface area contributed by atoms with Gasteiger partial charge in [0.05, 0.1) is 11.6 Å². The second-order valence-electron chi connectivity index (χ2n) is 4.87. The van der Waals surface area contributed by atoms with E-state index in [1.165, 1.54) is 17.0 Å². The Morgan fingerprint density at radius 2 is 1.47 bits per heavy atom. The third-order valence-corrected chi connectivity index (χ3v) is 3.41. The van der Waals surface area contributed by atoms with Crippen molar-refractivity contribution in [3.63, 3.8) is 0 Å². The van der Waals surface area contributed by atoms with Crippen molar-refractivity contribution in [2.24, 2.45) is 0 Å². The zero-order valence-corrected chi connectivity index (χ0v) is 11.5. The van der Waals surface area contributed by atoms with Gasteiger partial charge < -0.3 is 0 Å². The first-order valence-electron chi connectivity index (χ1n) is 6.63. The molecule has 95 valence electrons. The van der Waals surface area contributed by atoms with Crippen LogP contribution in [-0.2, 0) is 6.42 Å². The van der Waals surface area contributed by atoms with E-state index in [-0.39, 0.29) is 0 Å². The Morgan fingerprint density at radius 1 is 0.947 bits per heavy atom. The maximum atomic E-state index is 8.79. The SMILES string of the molecule is CC[C](C)Cc1ccc(-c2ccc(C#N)cc2)cc1. The minimum Gasteiger partial charge on any atom is -0.192 e. The first kappa shape index (κ1) is 13.4. The molecule has 0 saturated heterocycles. The molecule has 1 radical (unpaired) electrons. The molecule has 0 fully saturated rings. The molecule has 0 heterocycles. The van der Waals surface area contributed by atoms with Crippen molar-refractivity contribution in [2.45, 2.75) is 26.7 Å². The van der Waals surface area contributed by atoms with Gasteiger partial charge in [0.2, 0.25) is 0 Å². The highest BCUT2D eigenvalue weighted by Crippen LogP contribution is 2.22. The molecule has 0 aromatic heterocycles. The molecule has 2 aromatic carbocycles. The highest BCUT2D eigenvalue weighted by Gasteiger charge is 2.02. The lowest BCUT2D eigenvalue weighted by Crippen LogP contribution is -1.95. The molecular formula is C18H18N. The molecule has 0 aliphatic rings. The molecule has 0 aliphatic carbocycles. The Hall–Kier alpha value is -2.07. The molecule has 1 nitrogen and oxygen atoms in total. The molecule has 0 unspecified atom stereocenters. The predicted octanol–water partition coefficient (Wildman–Crippen LogP) is 4.77. The van der Waals surface area contributed by atoms with Gasteiger partial charge in [-0.1, -0.05) is 50.2 Å². The second kappa shape index (κ2) is 6.20. The summed E-state index contributed by atoms with van der Waals surface area (Å²) in [7, 11) is 0. The monoisotopic (exact) mass is 248 g/mol. The van der Waals surface area contributed by atoms with E-state index in [0.717, 1.165) is 18.4 Å². The fourth-order valence-corrected chi connectivity index (χ4v) is 2.03. The summed E-state index contributed by atoms with van der Waals surface area (Å²) in [4.78, 5) is 0. The van der Waals surface area contributed by atoms with Crippen LogP contribution in [0.2, 0.25) is 0 Å².